The number of amides is 1. The largest absolute Gasteiger partial charge is 0.375 e. The van der Waals surface area contributed by atoms with E-state index in [1.54, 1.807) is 0 Å². The monoisotopic (exact) mass is 315 g/mol. The van der Waals surface area contributed by atoms with Crippen molar-refractivity contribution in [2.24, 2.45) is 0 Å². The molecule has 1 aromatic heterocycles. The lowest BCUT2D eigenvalue weighted by molar-refractivity contribution is -0.124. The standard InChI is InChI=1S/C17H21N3O3/c1-12-2-4-13(5-3-12)16-8-14(20-23-16)10-19-17(21)9-15-11-18-6-7-22-15/h2-5,8,15,18H,6-7,9-11H2,1H3,(H,19,21). The average molecular weight is 315 g/mol. The summed E-state index contributed by atoms with van der Waals surface area (Å²) < 4.78 is 10.9. The minimum absolute atomic E-state index is 0.0430. The summed E-state index contributed by atoms with van der Waals surface area (Å²) in [5.74, 6) is 0.660. The first-order valence-electron chi connectivity index (χ1n) is 7.82. The Morgan fingerprint density at radius 2 is 2.22 bits per heavy atom. The second kappa shape index (κ2) is 7.39. The van der Waals surface area contributed by atoms with Gasteiger partial charge in [0.1, 0.15) is 5.69 Å². The molecular weight excluding hydrogens is 294 g/mol. The highest BCUT2D eigenvalue weighted by molar-refractivity contribution is 5.76. The average Bonchev–Trinajstić information content (AvgIpc) is 3.04. The number of morpholine rings is 1. The highest BCUT2D eigenvalue weighted by Gasteiger charge is 2.17. The fourth-order valence-corrected chi connectivity index (χ4v) is 2.47. The summed E-state index contributed by atoms with van der Waals surface area (Å²) in [6, 6.07) is 9.88. The Kier molecular flexibility index (Phi) is 5.05. The van der Waals surface area contributed by atoms with E-state index in [1.165, 1.54) is 5.56 Å². The third kappa shape index (κ3) is 4.40. The van der Waals surface area contributed by atoms with Gasteiger partial charge in [-0.05, 0) is 6.92 Å². The van der Waals surface area contributed by atoms with Crippen LogP contribution in [0.3, 0.4) is 0 Å². The quantitative estimate of drug-likeness (QED) is 0.877. The number of hydrogen-bond acceptors (Lipinski definition) is 5. The molecule has 6 heteroatoms. The Balaban J connectivity index is 1.50. The molecule has 3 rings (SSSR count). The number of rotatable bonds is 5. The van der Waals surface area contributed by atoms with Crippen LogP contribution in [0.2, 0.25) is 0 Å². The predicted octanol–water partition coefficient (Wildman–Crippen LogP) is 1.64. The third-order valence-corrected chi connectivity index (χ3v) is 3.78. The highest BCUT2D eigenvalue weighted by atomic mass is 16.5. The van der Waals surface area contributed by atoms with Crippen molar-refractivity contribution in [1.82, 2.24) is 15.8 Å². The van der Waals surface area contributed by atoms with Crippen LogP contribution in [0.1, 0.15) is 17.7 Å². The van der Waals surface area contributed by atoms with Crippen molar-refractivity contribution in [3.63, 3.8) is 0 Å². The molecule has 122 valence electrons. The summed E-state index contributed by atoms with van der Waals surface area (Å²) >= 11 is 0. The fourth-order valence-electron chi connectivity index (χ4n) is 2.47. The van der Waals surface area contributed by atoms with Gasteiger partial charge in [0.05, 0.1) is 25.7 Å². The molecule has 1 fully saturated rings. The summed E-state index contributed by atoms with van der Waals surface area (Å²) in [5, 5.41) is 10.1. The van der Waals surface area contributed by atoms with Crippen LogP contribution >= 0.6 is 0 Å². The Morgan fingerprint density at radius 1 is 1.39 bits per heavy atom. The Morgan fingerprint density at radius 3 is 2.96 bits per heavy atom. The van der Waals surface area contributed by atoms with Crippen LogP contribution in [0.15, 0.2) is 34.9 Å². The lowest BCUT2D eigenvalue weighted by Gasteiger charge is -2.22. The van der Waals surface area contributed by atoms with E-state index < -0.39 is 0 Å². The Hall–Kier alpha value is -2.18. The van der Waals surface area contributed by atoms with E-state index >= 15 is 0 Å². The molecule has 0 radical (unpaired) electrons. The van der Waals surface area contributed by atoms with Crippen molar-refractivity contribution in [3.05, 3.63) is 41.6 Å². The van der Waals surface area contributed by atoms with Crippen molar-refractivity contribution in [1.29, 1.82) is 0 Å². The highest BCUT2D eigenvalue weighted by Crippen LogP contribution is 2.20. The molecule has 0 aliphatic carbocycles. The molecule has 1 aliphatic heterocycles. The maximum absolute atomic E-state index is 11.9. The van der Waals surface area contributed by atoms with Gasteiger partial charge in [-0.25, -0.2) is 0 Å². The number of benzene rings is 1. The van der Waals surface area contributed by atoms with Crippen LogP contribution in [-0.2, 0) is 16.1 Å². The Bertz CT molecular complexity index is 645. The minimum atomic E-state index is -0.0517. The molecule has 1 unspecified atom stereocenters. The number of aromatic nitrogens is 1. The van der Waals surface area contributed by atoms with Crippen molar-refractivity contribution in [3.8, 4) is 11.3 Å². The number of carbonyl (C=O) groups excluding carboxylic acids is 1. The zero-order chi connectivity index (χ0) is 16.1. The molecule has 1 amide bonds. The zero-order valence-corrected chi connectivity index (χ0v) is 13.2. The van der Waals surface area contributed by atoms with Gasteiger partial charge in [0.15, 0.2) is 5.76 Å². The first-order valence-corrected chi connectivity index (χ1v) is 7.82. The summed E-state index contributed by atoms with van der Waals surface area (Å²) in [4.78, 5) is 11.9. The number of nitrogens with one attached hydrogen (secondary N) is 2. The van der Waals surface area contributed by atoms with Crippen molar-refractivity contribution in [2.45, 2.75) is 26.0 Å². The van der Waals surface area contributed by atoms with E-state index in [2.05, 4.69) is 15.8 Å². The first-order chi connectivity index (χ1) is 11.2. The van der Waals surface area contributed by atoms with Crippen molar-refractivity contribution >= 4 is 5.91 Å². The molecule has 2 heterocycles. The minimum Gasteiger partial charge on any atom is -0.375 e. The number of aryl methyl sites for hydroxylation is 1. The lowest BCUT2D eigenvalue weighted by Crippen LogP contribution is -2.41. The van der Waals surface area contributed by atoms with Crippen LogP contribution in [0.5, 0.6) is 0 Å². The summed E-state index contributed by atoms with van der Waals surface area (Å²) in [6.45, 7) is 4.61. The van der Waals surface area contributed by atoms with E-state index in [-0.39, 0.29) is 12.0 Å². The number of ether oxygens (including phenoxy) is 1. The normalized spacial score (nSPS) is 17.9. The van der Waals surface area contributed by atoms with Gasteiger partial charge in [-0.1, -0.05) is 35.0 Å². The summed E-state index contributed by atoms with van der Waals surface area (Å²) in [5.41, 5.74) is 2.87. The van der Waals surface area contributed by atoms with E-state index in [4.69, 9.17) is 9.26 Å². The first kappa shape index (κ1) is 15.7. The molecule has 0 bridgehead atoms. The number of carbonyl (C=O) groups is 1. The van der Waals surface area contributed by atoms with Gasteiger partial charge in [-0.2, -0.15) is 0 Å². The molecule has 6 nitrogen and oxygen atoms in total. The molecule has 2 N–H and O–H groups in total. The van der Waals surface area contributed by atoms with Crippen LogP contribution in [-0.4, -0.2) is 36.9 Å². The van der Waals surface area contributed by atoms with Gasteiger partial charge in [-0.15, -0.1) is 0 Å². The fraction of sp³-hybridized carbons (Fsp3) is 0.412. The maximum Gasteiger partial charge on any atom is 0.222 e. The SMILES string of the molecule is Cc1ccc(-c2cc(CNC(=O)CC3CNCCO3)no2)cc1. The third-order valence-electron chi connectivity index (χ3n) is 3.78. The van der Waals surface area contributed by atoms with Crippen LogP contribution in [0.25, 0.3) is 11.3 Å². The molecule has 2 aromatic rings. The van der Waals surface area contributed by atoms with E-state index in [1.807, 2.05) is 37.3 Å². The summed E-state index contributed by atoms with van der Waals surface area (Å²) in [7, 11) is 0. The second-order valence-corrected chi connectivity index (χ2v) is 5.73. The van der Waals surface area contributed by atoms with Gasteiger partial charge in [0.25, 0.3) is 0 Å². The van der Waals surface area contributed by atoms with Gasteiger partial charge >= 0.3 is 0 Å². The van der Waals surface area contributed by atoms with E-state index in [0.29, 0.717) is 31.0 Å². The van der Waals surface area contributed by atoms with Gasteiger partial charge in [0.2, 0.25) is 5.91 Å². The molecule has 23 heavy (non-hydrogen) atoms. The summed E-state index contributed by atoms with van der Waals surface area (Å²) in [6.07, 6.45) is 0.305. The smallest absolute Gasteiger partial charge is 0.222 e. The molecule has 0 spiro atoms. The van der Waals surface area contributed by atoms with Crippen LogP contribution < -0.4 is 10.6 Å². The van der Waals surface area contributed by atoms with Gasteiger partial charge in [0, 0.05) is 24.7 Å². The van der Waals surface area contributed by atoms with Crippen LogP contribution in [0.4, 0.5) is 0 Å². The molecular formula is C17H21N3O3. The van der Waals surface area contributed by atoms with Gasteiger partial charge in [-0.3, -0.25) is 4.79 Å². The Labute approximate surface area is 135 Å². The lowest BCUT2D eigenvalue weighted by atomic mass is 10.1. The molecule has 1 aromatic carbocycles. The molecule has 1 atom stereocenters. The molecule has 1 saturated heterocycles. The topological polar surface area (TPSA) is 76.4 Å². The molecule has 0 saturated carbocycles. The zero-order valence-electron chi connectivity index (χ0n) is 13.2. The van der Waals surface area contributed by atoms with Crippen molar-refractivity contribution < 1.29 is 14.1 Å². The number of nitrogens with zero attached hydrogens (tertiary/aromatic N) is 1. The van der Waals surface area contributed by atoms with E-state index in [9.17, 15) is 4.79 Å². The maximum atomic E-state index is 11.9. The number of hydrogen-bond donors (Lipinski definition) is 2. The van der Waals surface area contributed by atoms with Gasteiger partial charge < -0.3 is 19.9 Å². The van der Waals surface area contributed by atoms with Crippen LogP contribution in [0, 0.1) is 6.92 Å². The van der Waals surface area contributed by atoms with Crippen molar-refractivity contribution in [2.75, 3.05) is 19.7 Å². The second-order valence-electron chi connectivity index (χ2n) is 5.73. The predicted molar refractivity (Wildman–Crippen MR) is 85.7 cm³/mol. The molecule has 1 aliphatic rings. The van der Waals surface area contributed by atoms with E-state index in [0.717, 1.165) is 18.7 Å².